The summed E-state index contributed by atoms with van der Waals surface area (Å²) in [6.45, 7) is 6.14. The van der Waals surface area contributed by atoms with Crippen molar-refractivity contribution in [3.63, 3.8) is 0 Å². The van der Waals surface area contributed by atoms with Crippen molar-refractivity contribution in [2.75, 3.05) is 19.5 Å². The number of benzene rings is 1. The van der Waals surface area contributed by atoms with E-state index in [9.17, 15) is 17.6 Å². The van der Waals surface area contributed by atoms with Crippen molar-refractivity contribution in [3.8, 4) is 0 Å². The molecule has 0 heterocycles. The van der Waals surface area contributed by atoms with E-state index < -0.39 is 28.0 Å². The highest BCUT2D eigenvalue weighted by Crippen LogP contribution is 2.20. The highest BCUT2D eigenvalue weighted by atomic mass is 32.2. The Morgan fingerprint density at radius 2 is 1.83 bits per heavy atom. The Morgan fingerprint density at radius 3 is 2.29 bits per heavy atom. The summed E-state index contributed by atoms with van der Waals surface area (Å²) in [5, 5.41) is 2.71. The van der Waals surface area contributed by atoms with Gasteiger partial charge in [0.05, 0.1) is 12.5 Å². The molecule has 0 saturated heterocycles. The van der Waals surface area contributed by atoms with E-state index in [0.29, 0.717) is 18.8 Å². The lowest BCUT2D eigenvalue weighted by Gasteiger charge is -2.19. The topological polar surface area (TPSA) is 81.7 Å². The van der Waals surface area contributed by atoms with E-state index in [1.807, 2.05) is 0 Å². The number of carbonyl (C=O) groups is 1. The first kappa shape index (κ1) is 20.5. The van der Waals surface area contributed by atoms with Crippen molar-refractivity contribution in [1.29, 1.82) is 0 Å². The first-order chi connectivity index (χ1) is 11.2. The maximum Gasteiger partial charge on any atom is 0.225 e. The molecule has 0 spiro atoms. The zero-order valence-electron chi connectivity index (χ0n) is 14.3. The minimum Gasteiger partial charge on any atom is -0.352 e. The fraction of sp³-hybridized carbons (Fsp3) is 0.562. The lowest BCUT2D eigenvalue weighted by Crippen LogP contribution is -2.32. The van der Waals surface area contributed by atoms with Crippen LogP contribution in [0.2, 0.25) is 0 Å². The van der Waals surface area contributed by atoms with Crippen molar-refractivity contribution < 1.29 is 27.1 Å². The summed E-state index contributed by atoms with van der Waals surface area (Å²) >= 11 is 0. The third-order valence-corrected chi connectivity index (χ3v) is 4.42. The van der Waals surface area contributed by atoms with E-state index in [4.69, 9.17) is 9.47 Å². The lowest BCUT2D eigenvalue weighted by molar-refractivity contribution is -0.153. The van der Waals surface area contributed by atoms with E-state index in [1.54, 1.807) is 20.8 Å². The Balaban J connectivity index is 2.75. The standard InChI is InChI=1S/C16H24FNO5S/c1-5-22-16(23-6-2)10-15(19)18-11(3)12-7-8-14(13(17)9-12)24(4,20)21/h7-9,11,16H,5-6,10H2,1-4H3,(H,18,19)/t11-/m0/s1. The SMILES string of the molecule is CCOC(CC(=O)N[C@@H](C)c1ccc(S(C)(=O)=O)c(F)c1)OCC. The molecule has 1 amide bonds. The average molecular weight is 361 g/mol. The van der Waals surface area contributed by atoms with Gasteiger partial charge >= 0.3 is 0 Å². The molecular formula is C16H24FNO5S. The Hall–Kier alpha value is -1.51. The van der Waals surface area contributed by atoms with E-state index in [2.05, 4.69) is 5.32 Å². The minimum absolute atomic E-state index is 0.0237. The number of ether oxygens (including phenoxy) is 2. The molecule has 0 saturated carbocycles. The second kappa shape index (κ2) is 9.10. The van der Waals surface area contributed by atoms with E-state index in [-0.39, 0.29) is 17.2 Å². The number of hydrogen-bond donors (Lipinski definition) is 1. The summed E-state index contributed by atoms with van der Waals surface area (Å²) in [5.41, 5.74) is 0.470. The maximum absolute atomic E-state index is 13.9. The molecule has 0 aliphatic heterocycles. The van der Waals surface area contributed by atoms with Gasteiger partial charge in [0.25, 0.3) is 0 Å². The highest BCUT2D eigenvalue weighted by molar-refractivity contribution is 7.90. The second-order valence-electron chi connectivity index (χ2n) is 5.30. The number of carbonyl (C=O) groups excluding carboxylic acids is 1. The lowest BCUT2D eigenvalue weighted by atomic mass is 10.1. The fourth-order valence-corrected chi connectivity index (χ4v) is 2.89. The van der Waals surface area contributed by atoms with Gasteiger partial charge in [-0.15, -0.1) is 0 Å². The zero-order chi connectivity index (χ0) is 18.3. The molecule has 0 aromatic heterocycles. The van der Waals surface area contributed by atoms with Crippen LogP contribution in [0.4, 0.5) is 4.39 Å². The molecule has 0 unspecified atom stereocenters. The molecule has 1 aromatic rings. The highest BCUT2D eigenvalue weighted by Gasteiger charge is 2.19. The number of rotatable bonds is 9. The van der Waals surface area contributed by atoms with Crippen molar-refractivity contribution in [1.82, 2.24) is 5.32 Å². The molecule has 0 radical (unpaired) electrons. The van der Waals surface area contributed by atoms with Gasteiger partial charge in [-0.1, -0.05) is 6.07 Å². The van der Waals surface area contributed by atoms with Gasteiger partial charge in [0.1, 0.15) is 10.7 Å². The van der Waals surface area contributed by atoms with Gasteiger partial charge in [-0.25, -0.2) is 12.8 Å². The van der Waals surface area contributed by atoms with Gasteiger partial charge in [-0.3, -0.25) is 4.79 Å². The molecule has 6 nitrogen and oxygen atoms in total. The van der Waals surface area contributed by atoms with Crippen LogP contribution in [-0.2, 0) is 24.1 Å². The summed E-state index contributed by atoms with van der Waals surface area (Å²) in [4.78, 5) is 11.7. The predicted octanol–water partition coefficient (Wildman–Crippen LogP) is 2.20. The Morgan fingerprint density at radius 1 is 1.25 bits per heavy atom. The Labute approximate surface area is 142 Å². The first-order valence-electron chi connectivity index (χ1n) is 7.71. The van der Waals surface area contributed by atoms with E-state index in [1.165, 1.54) is 12.1 Å². The molecule has 0 fully saturated rings. The quantitative estimate of drug-likeness (QED) is 0.682. The molecule has 1 rings (SSSR count). The smallest absolute Gasteiger partial charge is 0.225 e. The summed E-state index contributed by atoms with van der Waals surface area (Å²) < 4.78 is 47.4. The molecular weight excluding hydrogens is 337 g/mol. The molecule has 24 heavy (non-hydrogen) atoms. The third kappa shape index (κ3) is 6.18. The van der Waals surface area contributed by atoms with Gasteiger partial charge in [0.15, 0.2) is 16.1 Å². The first-order valence-corrected chi connectivity index (χ1v) is 9.60. The van der Waals surface area contributed by atoms with E-state index in [0.717, 1.165) is 12.3 Å². The monoisotopic (exact) mass is 361 g/mol. The van der Waals surface area contributed by atoms with Gasteiger partial charge in [-0.05, 0) is 38.5 Å². The van der Waals surface area contributed by atoms with Crippen molar-refractivity contribution in [2.45, 2.75) is 44.4 Å². The van der Waals surface area contributed by atoms with Crippen LogP contribution in [0, 0.1) is 5.82 Å². The molecule has 1 aromatic carbocycles. The van der Waals surface area contributed by atoms with Gasteiger partial charge in [0.2, 0.25) is 5.91 Å². The third-order valence-electron chi connectivity index (χ3n) is 3.29. The number of nitrogens with one attached hydrogen (secondary N) is 1. The predicted molar refractivity (Wildman–Crippen MR) is 87.7 cm³/mol. The largest absolute Gasteiger partial charge is 0.352 e. The van der Waals surface area contributed by atoms with Crippen LogP contribution in [0.15, 0.2) is 23.1 Å². The van der Waals surface area contributed by atoms with Gasteiger partial charge in [0, 0.05) is 19.5 Å². The van der Waals surface area contributed by atoms with Crippen molar-refractivity contribution in [2.24, 2.45) is 0 Å². The summed E-state index contributed by atoms with van der Waals surface area (Å²) in [7, 11) is -3.62. The van der Waals surface area contributed by atoms with Crippen molar-refractivity contribution >= 4 is 15.7 Å². The zero-order valence-corrected chi connectivity index (χ0v) is 15.2. The fourth-order valence-electron chi connectivity index (χ4n) is 2.16. The number of hydrogen-bond acceptors (Lipinski definition) is 5. The normalized spacial score (nSPS) is 13.1. The number of sulfone groups is 1. The summed E-state index contributed by atoms with van der Waals surface area (Å²) in [6, 6.07) is 3.31. The molecule has 0 aliphatic rings. The van der Waals surface area contributed by atoms with Crippen LogP contribution >= 0.6 is 0 Å². The minimum atomic E-state index is -3.62. The van der Waals surface area contributed by atoms with Gasteiger partial charge in [-0.2, -0.15) is 0 Å². The second-order valence-corrected chi connectivity index (χ2v) is 7.28. The van der Waals surface area contributed by atoms with Crippen LogP contribution in [0.1, 0.15) is 38.8 Å². The average Bonchev–Trinajstić information content (AvgIpc) is 2.46. The molecule has 0 aliphatic carbocycles. The molecule has 136 valence electrons. The van der Waals surface area contributed by atoms with Crippen LogP contribution in [0.5, 0.6) is 0 Å². The molecule has 0 bridgehead atoms. The van der Waals surface area contributed by atoms with Crippen LogP contribution < -0.4 is 5.32 Å². The van der Waals surface area contributed by atoms with E-state index >= 15 is 0 Å². The Kier molecular flexibility index (Phi) is 7.78. The Bertz CT molecular complexity index is 656. The summed E-state index contributed by atoms with van der Waals surface area (Å²) in [6.07, 6.45) is 0.338. The number of amides is 1. The van der Waals surface area contributed by atoms with Crippen molar-refractivity contribution in [3.05, 3.63) is 29.6 Å². The molecule has 1 N–H and O–H groups in total. The summed E-state index contributed by atoms with van der Waals surface area (Å²) in [5.74, 6) is -1.14. The van der Waals surface area contributed by atoms with Gasteiger partial charge < -0.3 is 14.8 Å². The molecule has 8 heteroatoms. The maximum atomic E-state index is 13.9. The number of halogens is 1. The van der Waals surface area contributed by atoms with Crippen LogP contribution in [0.3, 0.4) is 0 Å². The van der Waals surface area contributed by atoms with Crippen LogP contribution in [0.25, 0.3) is 0 Å². The molecule has 1 atom stereocenters. The van der Waals surface area contributed by atoms with Crippen LogP contribution in [-0.4, -0.2) is 40.1 Å².